The van der Waals surface area contributed by atoms with E-state index in [-0.39, 0.29) is 31.2 Å². The molecule has 1 atom stereocenters. The van der Waals surface area contributed by atoms with Gasteiger partial charge in [-0.25, -0.2) is 0 Å². The fraction of sp³-hybridized carbons (Fsp3) is 0.571. The van der Waals surface area contributed by atoms with Crippen LogP contribution in [-0.4, -0.2) is 44.4 Å². The van der Waals surface area contributed by atoms with Crippen molar-refractivity contribution in [2.24, 2.45) is 0 Å². The van der Waals surface area contributed by atoms with Crippen LogP contribution in [0.15, 0.2) is 18.2 Å². The first-order chi connectivity index (χ1) is 10.6. The van der Waals surface area contributed by atoms with E-state index in [1.54, 1.807) is 0 Å². The molecule has 1 saturated heterocycles. The highest BCUT2D eigenvalue weighted by molar-refractivity contribution is 5.85. The van der Waals surface area contributed by atoms with Gasteiger partial charge >= 0.3 is 12.4 Å². The van der Waals surface area contributed by atoms with Gasteiger partial charge in [-0.1, -0.05) is 0 Å². The summed E-state index contributed by atoms with van der Waals surface area (Å²) >= 11 is 0. The van der Waals surface area contributed by atoms with E-state index >= 15 is 0 Å². The molecule has 0 aliphatic carbocycles. The zero-order chi connectivity index (χ0) is 17.3. The molecule has 1 aliphatic rings. The number of nitrogens with one attached hydrogen (secondary N) is 1. The van der Waals surface area contributed by atoms with Crippen LogP contribution in [0.2, 0.25) is 0 Å². The molecule has 1 fully saturated rings. The van der Waals surface area contributed by atoms with Gasteiger partial charge in [0.15, 0.2) is 0 Å². The molecular formula is C14H17ClF6N2O. The lowest BCUT2D eigenvalue weighted by Gasteiger charge is -2.36. The van der Waals surface area contributed by atoms with Gasteiger partial charge in [0.05, 0.1) is 12.7 Å². The van der Waals surface area contributed by atoms with Crippen LogP contribution in [0, 0.1) is 0 Å². The third-order valence-electron chi connectivity index (χ3n) is 3.63. The molecule has 10 heteroatoms. The molecule has 0 amide bonds. The lowest BCUT2D eigenvalue weighted by molar-refractivity contribution is -0.188. The van der Waals surface area contributed by atoms with Crippen molar-refractivity contribution < 1.29 is 31.1 Å². The molecule has 1 N–H and O–H groups in total. The Kier molecular flexibility index (Phi) is 6.77. The minimum absolute atomic E-state index is 0. The van der Waals surface area contributed by atoms with Crippen molar-refractivity contribution in [2.75, 3.05) is 33.3 Å². The Morgan fingerprint density at radius 3 is 2.08 bits per heavy atom. The summed E-state index contributed by atoms with van der Waals surface area (Å²) < 4.78 is 83.9. The van der Waals surface area contributed by atoms with E-state index in [0.29, 0.717) is 25.2 Å². The van der Waals surface area contributed by atoms with Gasteiger partial charge in [-0.15, -0.1) is 12.4 Å². The number of ether oxygens (including phenoxy) is 1. The quantitative estimate of drug-likeness (QED) is 0.813. The van der Waals surface area contributed by atoms with E-state index in [4.69, 9.17) is 4.74 Å². The molecule has 1 aromatic rings. The molecule has 0 radical (unpaired) electrons. The summed E-state index contributed by atoms with van der Waals surface area (Å²) in [6.07, 6.45) is -9.44. The van der Waals surface area contributed by atoms with E-state index in [0.717, 1.165) is 18.1 Å². The number of hydrogen-bond acceptors (Lipinski definition) is 3. The lowest BCUT2D eigenvalue weighted by Crippen LogP contribution is -2.49. The Bertz CT molecular complexity index is 543. The minimum Gasteiger partial charge on any atom is -0.497 e. The van der Waals surface area contributed by atoms with E-state index in [9.17, 15) is 26.3 Å². The van der Waals surface area contributed by atoms with Crippen molar-refractivity contribution in [1.82, 2.24) is 10.2 Å². The van der Waals surface area contributed by atoms with Crippen molar-refractivity contribution in [2.45, 2.75) is 18.4 Å². The van der Waals surface area contributed by atoms with Gasteiger partial charge in [0.2, 0.25) is 0 Å². The molecule has 2 rings (SSSR count). The number of hydrogen-bond donors (Lipinski definition) is 1. The Morgan fingerprint density at radius 1 is 1.04 bits per heavy atom. The summed E-state index contributed by atoms with van der Waals surface area (Å²) in [6, 6.07) is 0.146. The highest BCUT2D eigenvalue weighted by atomic mass is 35.5. The number of piperazine rings is 1. The van der Waals surface area contributed by atoms with Gasteiger partial charge in [0.1, 0.15) is 11.8 Å². The number of nitrogens with zero attached hydrogens (tertiary/aromatic N) is 1. The molecule has 24 heavy (non-hydrogen) atoms. The van der Waals surface area contributed by atoms with E-state index in [1.165, 1.54) is 0 Å². The van der Waals surface area contributed by atoms with Gasteiger partial charge in [-0.2, -0.15) is 26.3 Å². The largest absolute Gasteiger partial charge is 0.497 e. The standard InChI is InChI=1S/C14H16F6N2O.ClH/c1-23-11-7-9(6-10(8-11)13(15,16)17)12(14(18,19)20)22-4-2-21-3-5-22;/h6-8,12,21H,2-5H2,1H3;1H/t12-;/m0./s1. The normalized spacial score (nSPS) is 18.0. The summed E-state index contributed by atoms with van der Waals surface area (Å²) in [4.78, 5) is 1.13. The fourth-order valence-electron chi connectivity index (χ4n) is 2.61. The third-order valence-corrected chi connectivity index (χ3v) is 3.63. The Hall–Kier alpha value is -1.19. The van der Waals surface area contributed by atoms with Crippen molar-refractivity contribution in [3.05, 3.63) is 29.3 Å². The van der Waals surface area contributed by atoms with Crippen LogP contribution < -0.4 is 10.1 Å². The van der Waals surface area contributed by atoms with Gasteiger partial charge in [0.25, 0.3) is 0 Å². The minimum atomic E-state index is -4.75. The number of alkyl halides is 6. The maximum atomic E-state index is 13.5. The van der Waals surface area contributed by atoms with Crippen molar-refractivity contribution in [3.8, 4) is 5.75 Å². The average Bonchev–Trinajstić information content (AvgIpc) is 2.46. The molecule has 0 bridgehead atoms. The van der Waals surface area contributed by atoms with Crippen LogP contribution in [-0.2, 0) is 6.18 Å². The van der Waals surface area contributed by atoms with Gasteiger partial charge < -0.3 is 10.1 Å². The molecule has 0 aromatic heterocycles. The topological polar surface area (TPSA) is 24.5 Å². The number of rotatable bonds is 3. The van der Waals surface area contributed by atoms with E-state index in [1.807, 2.05) is 0 Å². The van der Waals surface area contributed by atoms with Gasteiger partial charge in [-0.05, 0) is 23.8 Å². The van der Waals surface area contributed by atoms with Crippen LogP contribution in [0.3, 0.4) is 0 Å². The van der Waals surface area contributed by atoms with Crippen molar-refractivity contribution >= 4 is 12.4 Å². The highest BCUT2D eigenvalue weighted by Crippen LogP contribution is 2.41. The molecular weight excluding hydrogens is 362 g/mol. The van der Waals surface area contributed by atoms with Crippen molar-refractivity contribution in [3.63, 3.8) is 0 Å². The molecule has 1 heterocycles. The molecule has 1 aliphatic heterocycles. The van der Waals surface area contributed by atoms with E-state index in [2.05, 4.69) is 5.32 Å². The summed E-state index contributed by atoms with van der Waals surface area (Å²) in [5.41, 5.74) is -1.62. The zero-order valence-corrected chi connectivity index (χ0v) is 13.5. The first kappa shape index (κ1) is 20.9. The number of halogens is 7. The Morgan fingerprint density at radius 2 is 1.62 bits per heavy atom. The second-order valence-electron chi connectivity index (χ2n) is 5.22. The van der Waals surface area contributed by atoms with Crippen LogP contribution in [0.4, 0.5) is 26.3 Å². The summed E-state index contributed by atoms with van der Waals surface area (Å²) in [5.74, 6) is -0.251. The number of methoxy groups -OCH3 is 1. The van der Waals surface area contributed by atoms with Crippen LogP contribution in [0.1, 0.15) is 17.2 Å². The average molecular weight is 379 g/mol. The predicted molar refractivity (Wildman–Crippen MR) is 78.5 cm³/mol. The van der Waals surface area contributed by atoms with Crippen LogP contribution in [0.25, 0.3) is 0 Å². The van der Waals surface area contributed by atoms with Crippen LogP contribution in [0.5, 0.6) is 5.75 Å². The smallest absolute Gasteiger partial charge is 0.416 e. The molecule has 0 saturated carbocycles. The first-order valence-electron chi connectivity index (χ1n) is 6.90. The molecule has 0 spiro atoms. The summed E-state index contributed by atoms with van der Waals surface area (Å²) in [5, 5.41) is 2.92. The maximum absolute atomic E-state index is 13.5. The van der Waals surface area contributed by atoms with Gasteiger partial charge in [-0.3, -0.25) is 4.90 Å². The van der Waals surface area contributed by atoms with Gasteiger partial charge in [0, 0.05) is 26.2 Å². The lowest BCUT2D eigenvalue weighted by atomic mass is 10.0. The highest BCUT2D eigenvalue weighted by Gasteiger charge is 2.46. The fourth-order valence-corrected chi connectivity index (χ4v) is 2.61. The second kappa shape index (κ2) is 7.79. The Labute approximate surface area is 141 Å². The van der Waals surface area contributed by atoms with Crippen molar-refractivity contribution in [1.29, 1.82) is 0 Å². The monoisotopic (exact) mass is 378 g/mol. The maximum Gasteiger partial charge on any atom is 0.416 e. The van der Waals surface area contributed by atoms with Crippen LogP contribution >= 0.6 is 12.4 Å². The summed E-state index contributed by atoms with van der Waals surface area (Å²) in [6.45, 7) is 0.900. The SMILES string of the molecule is COc1cc([C@H](N2CCNCC2)C(F)(F)F)cc(C(F)(F)F)c1.Cl. The number of benzene rings is 1. The molecule has 0 unspecified atom stereocenters. The zero-order valence-electron chi connectivity index (χ0n) is 12.7. The first-order valence-corrected chi connectivity index (χ1v) is 6.90. The summed E-state index contributed by atoms with van der Waals surface area (Å²) in [7, 11) is 1.12. The van der Waals surface area contributed by atoms with E-state index < -0.39 is 29.5 Å². The molecule has 3 nitrogen and oxygen atoms in total. The third kappa shape index (κ3) is 4.90. The molecule has 138 valence electrons. The predicted octanol–water partition coefficient (Wildman–Crippen LogP) is 3.64. The second-order valence-corrected chi connectivity index (χ2v) is 5.22. The Balaban J connectivity index is 0.00000288. The molecule has 1 aromatic carbocycles.